The number of amides is 1. The van der Waals surface area contributed by atoms with Crippen molar-refractivity contribution in [1.82, 2.24) is 25.3 Å². The van der Waals surface area contributed by atoms with Crippen LogP contribution in [0, 0.1) is 5.82 Å². The summed E-state index contributed by atoms with van der Waals surface area (Å²) in [6, 6.07) is 17.2. The first-order valence-electron chi connectivity index (χ1n) is 11.3. The first kappa shape index (κ1) is 22.1. The quantitative estimate of drug-likeness (QED) is 0.288. The lowest BCUT2D eigenvalue weighted by molar-refractivity contribution is 0.103. The molecule has 5 aromatic rings. The van der Waals surface area contributed by atoms with Crippen molar-refractivity contribution in [1.29, 1.82) is 0 Å². The number of hydrogen-bond donors (Lipinski definition) is 4. The van der Waals surface area contributed by atoms with E-state index in [-0.39, 0.29) is 11.4 Å². The summed E-state index contributed by atoms with van der Waals surface area (Å²) in [5.74, 6) is -0.429. The Labute approximate surface area is 208 Å². The third-order valence-electron chi connectivity index (χ3n) is 5.90. The number of nitrogens with zero attached hydrogens (tertiary/aromatic N) is 3. The number of hydrogen-bond acceptors (Lipinski definition) is 7. The summed E-state index contributed by atoms with van der Waals surface area (Å²) in [6.07, 6.45) is 0. The maximum atomic E-state index is 14.6. The maximum Gasteiger partial charge on any atom is 0.287 e. The Hall–Kier alpha value is -4.35. The second kappa shape index (κ2) is 9.02. The van der Waals surface area contributed by atoms with Gasteiger partial charge in [0.2, 0.25) is 0 Å². The SMILES string of the molecule is O=C(Nc1cc(-c2cc(Nc3cc4n(n3)CCNC4)c(=O)[nH]n2)ccc1F)c1cc2ccccc2s1. The molecule has 4 N–H and O–H groups in total. The van der Waals surface area contributed by atoms with Gasteiger partial charge in [-0.25, -0.2) is 9.49 Å². The molecule has 0 fully saturated rings. The normalized spacial score (nSPS) is 12.9. The summed E-state index contributed by atoms with van der Waals surface area (Å²) < 4.78 is 17.5. The number of nitrogens with one attached hydrogen (secondary N) is 4. The predicted octanol–water partition coefficient (Wildman–Crippen LogP) is 4.09. The molecule has 9 nitrogen and oxygen atoms in total. The Balaban J connectivity index is 1.26. The Morgan fingerprint density at radius 1 is 1.08 bits per heavy atom. The number of aromatic amines is 1. The number of aromatic nitrogens is 4. The molecule has 36 heavy (non-hydrogen) atoms. The molecule has 11 heteroatoms. The summed E-state index contributed by atoms with van der Waals surface area (Å²) in [4.78, 5) is 25.7. The zero-order chi connectivity index (χ0) is 24.6. The fourth-order valence-corrected chi connectivity index (χ4v) is 5.05. The standard InChI is InChI=1S/C25H20FN7O2S/c26-17-6-5-14(9-19(17)29-25(35)22-10-15-3-1-2-4-21(15)36-22)18-12-20(24(34)31-30-18)28-23-11-16-13-27-7-8-33(16)32-23/h1-6,9-12,27H,7-8,13H2,(H,29,35)(H,31,34)(H,28,30,32). The lowest BCUT2D eigenvalue weighted by Gasteiger charge is -2.13. The Kier molecular flexibility index (Phi) is 5.55. The van der Waals surface area contributed by atoms with Gasteiger partial charge in [-0.05, 0) is 41.8 Å². The Morgan fingerprint density at radius 2 is 1.97 bits per heavy atom. The highest BCUT2D eigenvalue weighted by molar-refractivity contribution is 7.20. The van der Waals surface area contributed by atoms with Crippen LogP contribution in [0.25, 0.3) is 21.3 Å². The van der Waals surface area contributed by atoms with Gasteiger partial charge in [0.05, 0.1) is 28.5 Å². The maximum absolute atomic E-state index is 14.6. The molecule has 0 radical (unpaired) electrons. The van der Waals surface area contributed by atoms with Gasteiger partial charge in [0.1, 0.15) is 11.5 Å². The molecule has 4 heterocycles. The number of halogens is 1. The highest BCUT2D eigenvalue weighted by Crippen LogP contribution is 2.28. The van der Waals surface area contributed by atoms with E-state index in [1.54, 1.807) is 12.1 Å². The average molecular weight is 502 g/mol. The van der Waals surface area contributed by atoms with Crippen LogP contribution in [0.3, 0.4) is 0 Å². The Bertz CT molecular complexity index is 1620. The van der Waals surface area contributed by atoms with Crippen LogP contribution in [0.15, 0.2) is 65.5 Å². The van der Waals surface area contributed by atoms with Gasteiger partial charge < -0.3 is 16.0 Å². The summed E-state index contributed by atoms with van der Waals surface area (Å²) in [7, 11) is 0. The molecule has 1 amide bonds. The van der Waals surface area contributed by atoms with Gasteiger partial charge in [0, 0.05) is 29.4 Å². The van der Waals surface area contributed by atoms with E-state index in [9.17, 15) is 14.0 Å². The number of thiophene rings is 1. The van der Waals surface area contributed by atoms with Crippen molar-refractivity contribution < 1.29 is 9.18 Å². The number of carbonyl (C=O) groups is 1. The molecule has 0 aliphatic carbocycles. The van der Waals surface area contributed by atoms with E-state index in [0.717, 1.165) is 28.9 Å². The van der Waals surface area contributed by atoms with Gasteiger partial charge in [0.15, 0.2) is 5.82 Å². The number of fused-ring (bicyclic) bond motifs is 2. The molecule has 1 aliphatic heterocycles. The van der Waals surface area contributed by atoms with Crippen LogP contribution < -0.4 is 21.5 Å². The second-order valence-corrected chi connectivity index (χ2v) is 9.42. The second-order valence-electron chi connectivity index (χ2n) is 8.34. The van der Waals surface area contributed by atoms with E-state index < -0.39 is 17.3 Å². The first-order chi connectivity index (χ1) is 17.5. The van der Waals surface area contributed by atoms with Crippen molar-refractivity contribution in [3.8, 4) is 11.3 Å². The minimum absolute atomic E-state index is 0.0201. The molecule has 1 aliphatic rings. The van der Waals surface area contributed by atoms with Crippen molar-refractivity contribution in [3.63, 3.8) is 0 Å². The van der Waals surface area contributed by atoms with Crippen molar-refractivity contribution in [2.75, 3.05) is 17.2 Å². The number of benzene rings is 2. The van der Waals surface area contributed by atoms with Crippen LogP contribution >= 0.6 is 11.3 Å². The van der Waals surface area contributed by atoms with E-state index in [4.69, 9.17) is 0 Å². The molecule has 0 spiro atoms. The molecule has 0 bridgehead atoms. The highest BCUT2D eigenvalue weighted by Gasteiger charge is 2.16. The molecule has 0 saturated carbocycles. The molecular weight excluding hydrogens is 481 g/mol. The molecular formula is C25H20FN7O2S. The van der Waals surface area contributed by atoms with Crippen LogP contribution in [-0.4, -0.2) is 32.4 Å². The molecule has 0 saturated heterocycles. The Morgan fingerprint density at radius 3 is 2.83 bits per heavy atom. The van der Waals surface area contributed by atoms with E-state index in [1.807, 2.05) is 35.0 Å². The van der Waals surface area contributed by atoms with Gasteiger partial charge in [-0.3, -0.25) is 14.3 Å². The fourth-order valence-electron chi connectivity index (χ4n) is 4.10. The minimum atomic E-state index is -0.576. The largest absolute Gasteiger partial charge is 0.334 e. The topological polar surface area (TPSA) is 117 Å². The summed E-state index contributed by atoms with van der Waals surface area (Å²) in [5.41, 5.74) is 1.81. The lowest BCUT2D eigenvalue weighted by Crippen LogP contribution is -2.28. The van der Waals surface area contributed by atoms with E-state index in [0.29, 0.717) is 28.5 Å². The highest BCUT2D eigenvalue weighted by atomic mass is 32.1. The molecule has 3 aromatic heterocycles. The first-order valence-corrected chi connectivity index (χ1v) is 12.1. The van der Waals surface area contributed by atoms with Crippen LogP contribution in [0.2, 0.25) is 0 Å². The summed E-state index contributed by atoms with van der Waals surface area (Å²) in [6.45, 7) is 2.29. The zero-order valence-corrected chi connectivity index (χ0v) is 19.7. The van der Waals surface area contributed by atoms with Crippen molar-refractivity contribution in [2.45, 2.75) is 13.1 Å². The summed E-state index contributed by atoms with van der Waals surface area (Å²) >= 11 is 1.34. The van der Waals surface area contributed by atoms with Gasteiger partial charge in [-0.15, -0.1) is 11.3 Å². The third kappa shape index (κ3) is 4.25. The number of anilines is 3. The minimum Gasteiger partial charge on any atom is -0.334 e. The molecule has 0 atom stereocenters. The molecule has 2 aromatic carbocycles. The van der Waals surface area contributed by atoms with Gasteiger partial charge in [-0.1, -0.05) is 18.2 Å². The third-order valence-corrected chi connectivity index (χ3v) is 7.01. The average Bonchev–Trinajstić information content (AvgIpc) is 3.50. The fraction of sp³-hybridized carbons (Fsp3) is 0.120. The number of H-pyrrole nitrogens is 1. The van der Waals surface area contributed by atoms with Gasteiger partial charge in [-0.2, -0.15) is 10.2 Å². The van der Waals surface area contributed by atoms with E-state index in [1.165, 1.54) is 29.5 Å². The monoisotopic (exact) mass is 501 g/mol. The van der Waals surface area contributed by atoms with Crippen molar-refractivity contribution in [3.05, 3.63) is 87.4 Å². The summed E-state index contributed by atoms with van der Waals surface area (Å²) in [5, 5.41) is 21.0. The number of carbonyl (C=O) groups excluding carboxylic acids is 1. The van der Waals surface area contributed by atoms with Crippen LogP contribution in [0.4, 0.5) is 21.6 Å². The molecule has 180 valence electrons. The lowest BCUT2D eigenvalue weighted by atomic mass is 10.1. The van der Waals surface area contributed by atoms with Gasteiger partial charge in [0.25, 0.3) is 11.5 Å². The van der Waals surface area contributed by atoms with Crippen molar-refractivity contribution >= 4 is 44.5 Å². The van der Waals surface area contributed by atoms with E-state index >= 15 is 0 Å². The number of rotatable bonds is 5. The van der Waals surface area contributed by atoms with E-state index in [2.05, 4.69) is 31.2 Å². The van der Waals surface area contributed by atoms with Gasteiger partial charge >= 0.3 is 0 Å². The predicted molar refractivity (Wildman–Crippen MR) is 137 cm³/mol. The van der Waals surface area contributed by atoms with Crippen LogP contribution in [-0.2, 0) is 13.1 Å². The molecule has 0 unspecified atom stereocenters. The molecule has 6 rings (SSSR count). The van der Waals surface area contributed by atoms with Crippen LogP contribution in [0.1, 0.15) is 15.4 Å². The smallest absolute Gasteiger partial charge is 0.287 e. The van der Waals surface area contributed by atoms with Crippen molar-refractivity contribution in [2.24, 2.45) is 0 Å². The van der Waals surface area contributed by atoms with Crippen LogP contribution in [0.5, 0.6) is 0 Å². The zero-order valence-electron chi connectivity index (χ0n) is 18.8.